The van der Waals surface area contributed by atoms with Crippen molar-refractivity contribution in [2.45, 2.75) is 31.8 Å². The van der Waals surface area contributed by atoms with E-state index in [1.54, 1.807) is 24.3 Å². The maximum atomic E-state index is 12.8. The highest BCUT2D eigenvalue weighted by molar-refractivity contribution is 5.93. The summed E-state index contributed by atoms with van der Waals surface area (Å²) in [5.41, 5.74) is 3.56. The van der Waals surface area contributed by atoms with Gasteiger partial charge in [-0.15, -0.1) is 0 Å². The Morgan fingerprint density at radius 1 is 1.13 bits per heavy atom. The van der Waals surface area contributed by atoms with Gasteiger partial charge in [-0.3, -0.25) is 14.3 Å². The molecular weight excluding hydrogens is 378 g/mol. The van der Waals surface area contributed by atoms with E-state index in [2.05, 4.69) is 22.5 Å². The van der Waals surface area contributed by atoms with E-state index in [0.717, 1.165) is 30.5 Å². The summed E-state index contributed by atoms with van der Waals surface area (Å²) in [5.74, 6) is -0.353. The van der Waals surface area contributed by atoms with E-state index in [-0.39, 0.29) is 23.1 Å². The van der Waals surface area contributed by atoms with Crippen molar-refractivity contribution in [3.63, 3.8) is 0 Å². The van der Waals surface area contributed by atoms with Crippen molar-refractivity contribution in [3.8, 4) is 0 Å². The van der Waals surface area contributed by atoms with Gasteiger partial charge in [-0.05, 0) is 37.0 Å². The Morgan fingerprint density at radius 2 is 1.93 bits per heavy atom. The lowest BCUT2D eigenvalue weighted by Crippen LogP contribution is -2.31. The Hall–Kier alpha value is -3.67. The van der Waals surface area contributed by atoms with Gasteiger partial charge in [-0.2, -0.15) is 5.10 Å². The molecule has 30 heavy (non-hydrogen) atoms. The molecule has 0 saturated carbocycles. The van der Waals surface area contributed by atoms with E-state index >= 15 is 0 Å². The molecule has 1 atom stereocenters. The highest BCUT2D eigenvalue weighted by atomic mass is 16.3. The van der Waals surface area contributed by atoms with E-state index in [1.165, 1.54) is 11.6 Å². The summed E-state index contributed by atoms with van der Waals surface area (Å²) >= 11 is 0. The molecule has 0 fully saturated rings. The van der Waals surface area contributed by atoms with Crippen molar-refractivity contribution in [1.82, 2.24) is 15.1 Å². The summed E-state index contributed by atoms with van der Waals surface area (Å²) in [5, 5.41) is 8.07. The summed E-state index contributed by atoms with van der Waals surface area (Å²) < 4.78 is 7.70. The molecule has 5 rings (SSSR count). The van der Waals surface area contributed by atoms with Gasteiger partial charge in [0.2, 0.25) is 0 Å². The number of carbonyl (C=O) groups excluding carboxylic acids is 1. The van der Waals surface area contributed by atoms with Crippen molar-refractivity contribution < 1.29 is 9.21 Å². The van der Waals surface area contributed by atoms with Gasteiger partial charge in [0.05, 0.1) is 24.2 Å². The summed E-state index contributed by atoms with van der Waals surface area (Å²) in [7, 11) is 0. The smallest absolute Gasteiger partial charge is 0.287 e. The summed E-state index contributed by atoms with van der Waals surface area (Å²) in [6.45, 7) is 0.705. The van der Waals surface area contributed by atoms with Gasteiger partial charge >= 0.3 is 0 Å². The highest BCUT2D eigenvalue weighted by Crippen LogP contribution is 2.30. The Bertz CT molecular complexity index is 1270. The average molecular weight is 399 g/mol. The Balaban J connectivity index is 1.39. The van der Waals surface area contributed by atoms with Crippen LogP contribution in [-0.2, 0) is 13.0 Å². The first-order chi connectivity index (χ1) is 14.7. The van der Waals surface area contributed by atoms with E-state index in [4.69, 9.17) is 4.42 Å². The zero-order valence-corrected chi connectivity index (χ0v) is 16.4. The summed E-state index contributed by atoms with van der Waals surface area (Å²) in [6, 6.07) is 18.3. The second kappa shape index (κ2) is 7.63. The lowest BCUT2D eigenvalue weighted by atomic mass is 9.92. The number of nitrogens with one attached hydrogen (secondary N) is 1. The molecule has 2 aromatic carbocycles. The average Bonchev–Trinajstić information content (AvgIpc) is 3.18. The van der Waals surface area contributed by atoms with Gasteiger partial charge in [0, 0.05) is 17.3 Å². The molecule has 1 aliphatic rings. The number of rotatable bonds is 4. The van der Waals surface area contributed by atoms with Crippen LogP contribution in [0, 0.1) is 0 Å². The summed E-state index contributed by atoms with van der Waals surface area (Å²) in [4.78, 5) is 25.2. The maximum absolute atomic E-state index is 12.8. The minimum Gasteiger partial charge on any atom is -0.451 e. The minimum absolute atomic E-state index is 0.0301. The van der Waals surface area contributed by atoms with Crippen molar-refractivity contribution in [3.05, 3.63) is 99.7 Å². The fraction of sp³-hybridized carbons (Fsp3) is 0.208. The van der Waals surface area contributed by atoms with Crippen LogP contribution in [0.15, 0.2) is 76.1 Å². The van der Waals surface area contributed by atoms with Gasteiger partial charge in [-0.25, -0.2) is 0 Å². The third kappa shape index (κ3) is 3.41. The fourth-order valence-corrected chi connectivity index (χ4v) is 4.11. The number of nitrogens with zero attached hydrogens (tertiary/aromatic N) is 2. The first kappa shape index (κ1) is 18.4. The van der Waals surface area contributed by atoms with Crippen LogP contribution in [0.3, 0.4) is 0 Å². The first-order valence-corrected chi connectivity index (χ1v) is 10.1. The van der Waals surface area contributed by atoms with Crippen LogP contribution in [0.2, 0.25) is 0 Å². The molecule has 0 aliphatic heterocycles. The van der Waals surface area contributed by atoms with Gasteiger partial charge in [0.1, 0.15) is 5.58 Å². The number of fused-ring (bicyclic) bond motifs is 2. The van der Waals surface area contributed by atoms with Crippen LogP contribution >= 0.6 is 0 Å². The van der Waals surface area contributed by atoms with E-state index < -0.39 is 0 Å². The van der Waals surface area contributed by atoms with Crippen LogP contribution in [0.5, 0.6) is 0 Å². The van der Waals surface area contributed by atoms with Gasteiger partial charge in [0.15, 0.2) is 11.2 Å². The predicted molar refractivity (Wildman–Crippen MR) is 113 cm³/mol. The normalized spacial score (nSPS) is 15.7. The molecule has 1 unspecified atom stereocenters. The van der Waals surface area contributed by atoms with E-state index in [9.17, 15) is 9.59 Å². The lowest BCUT2D eigenvalue weighted by molar-refractivity contribution is 0.0905. The number of para-hydroxylation sites is 1. The number of amides is 1. The SMILES string of the molecule is O=C(NC1CCCc2c1cnn2Cc1ccccc1)c1cc(=O)c2ccccc2o1. The van der Waals surface area contributed by atoms with Crippen LogP contribution in [-0.4, -0.2) is 15.7 Å². The van der Waals surface area contributed by atoms with Crippen LogP contribution < -0.4 is 10.7 Å². The van der Waals surface area contributed by atoms with Crippen molar-refractivity contribution in [2.75, 3.05) is 0 Å². The lowest BCUT2D eigenvalue weighted by Gasteiger charge is -2.24. The zero-order valence-electron chi connectivity index (χ0n) is 16.4. The van der Waals surface area contributed by atoms with Gasteiger partial charge < -0.3 is 9.73 Å². The third-order valence-electron chi connectivity index (χ3n) is 5.60. The van der Waals surface area contributed by atoms with Crippen molar-refractivity contribution in [2.24, 2.45) is 0 Å². The monoisotopic (exact) mass is 399 g/mol. The molecule has 4 aromatic rings. The van der Waals surface area contributed by atoms with E-state index in [1.807, 2.05) is 29.1 Å². The fourth-order valence-electron chi connectivity index (χ4n) is 4.11. The van der Waals surface area contributed by atoms with Gasteiger partial charge in [-0.1, -0.05) is 42.5 Å². The largest absolute Gasteiger partial charge is 0.451 e. The molecular formula is C24H21N3O3. The van der Waals surface area contributed by atoms with Crippen molar-refractivity contribution in [1.29, 1.82) is 0 Å². The quantitative estimate of drug-likeness (QED) is 0.566. The second-order valence-corrected chi connectivity index (χ2v) is 7.58. The molecule has 0 radical (unpaired) electrons. The minimum atomic E-state index is -0.383. The first-order valence-electron chi connectivity index (χ1n) is 10.1. The summed E-state index contributed by atoms with van der Waals surface area (Å²) in [6.07, 6.45) is 4.56. The molecule has 6 heteroatoms. The predicted octanol–water partition coefficient (Wildman–Crippen LogP) is 3.85. The number of hydrogen-bond donors (Lipinski definition) is 1. The molecule has 0 spiro atoms. The Labute approximate surface area is 173 Å². The highest BCUT2D eigenvalue weighted by Gasteiger charge is 2.26. The molecule has 1 N–H and O–H groups in total. The standard InChI is InChI=1S/C24H21N3O3/c28-21-13-23(30-22-12-5-4-9-17(21)22)24(29)26-19-10-6-11-20-18(19)14-25-27(20)15-16-7-2-1-3-8-16/h1-5,7-9,12-14,19H,6,10-11,15H2,(H,26,29). The topological polar surface area (TPSA) is 77.1 Å². The maximum Gasteiger partial charge on any atom is 0.287 e. The number of aromatic nitrogens is 2. The van der Waals surface area contributed by atoms with Gasteiger partial charge in [0.25, 0.3) is 5.91 Å². The molecule has 1 aliphatic carbocycles. The zero-order chi connectivity index (χ0) is 20.5. The molecule has 2 aromatic heterocycles. The third-order valence-corrected chi connectivity index (χ3v) is 5.60. The van der Waals surface area contributed by atoms with E-state index in [0.29, 0.717) is 17.5 Å². The molecule has 1 amide bonds. The molecule has 6 nitrogen and oxygen atoms in total. The number of carbonyl (C=O) groups is 1. The Kier molecular flexibility index (Phi) is 4.67. The second-order valence-electron chi connectivity index (χ2n) is 7.58. The molecule has 2 heterocycles. The molecule has 150 valence electrons. The number of hydrogen-bond acceptors (Lipinski definition) is 4. The van der Waals surface area contributed by atoms with Crippen LogP contribution in [0.4, 0.5) is 0 Å². The Morgan fingerprint density at radius 3 is 2.80 bits per heavy atom. The van der Waals surface area contributed by atoms with Crippen LogP contribution in [0.1, 0.15) is 46.3 Å². The molecule has 0 saturated heterocycles. The van der Waals surface area contributed by atoms with Crippen LogP contribution in [0.25, 0.3) is 11.0 Å². The molecule has 0 bridgehead atoms. The van der Waals surface area contributed by atoms with Crippen molar-refractivity contribution >= 4 is 16.9 Å². The number of benzene rings is 2.